The summed E-state index contributed by atoms with van der Waals surface area (Å²) in [4.78, 5) is 2.37. The molecule has 0 atom stereocenters. The van der Waals surface area contributed by atoms with Crippen LogP contribution in [0.15, 0.2) is 209 Å². The molecule has 0 spiro atoms. The van der Waals surface area contributed by atoms with Crippen molar-refractivity contribution >= 4 is 114 Å². The monoisotopic (exact) mass is 783 g/mol. The smallest absolute Gasteiger partial charge is 0.144 e. The maximum atomic E-state index is 6.97. The Morgan fingerprint density at radius 1 is 0.350 bits per heavy atom. The molecule has 0 aliphatic rings. The van der Waals surface area contributed by atoms with Crippen LogP contribution in [0, 0.1) is 0 Å². The van der Waals surface area contributed by atoms with Gasteiger partial charge in [0.25, 0.3) is 0 Å². The quantitative estimate of drug-likeness (QED) is 0.163. The predicted molar refractivity (Wildman–Crippen MR) is 254 cm³/mol. The molecule has 13 aromatic rings. The molecule has 0 N–H and O–H groups in total. The number of para-hydroxylation sites is 2. The molecule has 0 bridgehead atoms. The highest BCUT2D eigenvalue weighted by Gasteiger charge is 2.22. The minimum Gasteiger partial charge on any atom is -0.456 e. The lowest BCUT2D eigenvalue weighted by Gasteiger charge is -2.27. The standard InChI is InChI=1S/C56H33NO2S/c1-2-13-41-35(10-1)22-23-36-24-25-37(33-47(36)41)34-26-28-39(29-27-34)57(48-18-9-20-50-53(48)45-14-3-5-19-49(45)58-50)40-12-7-11-38(32-40)42-16-8-17-43-44-30-31-52-54(56(44)59-55(42)43)46-15-4-6-21-51(46)60-52/h1-33H. The molecule has 0 amide bonds. The van der Waals surface area contributed by atoms with E-state index in [4.69, 9.17) is 8.83 Å². The lowest BCUT2D eigenvalue weighted by atomic mass is 9.97. The van der Waals surface area contributed by atoms with Gasteiger partial charge in [0, 0.05) is 53.3 Å². The van der Waals surface area contributed by atoms with Crippen LogP contribution in [0.2, 0.25) is 0 Å². The van der Waals surface area contributed by atoms with Crippen molar-refractivity contribution in [2.75, 3.05) is 4.90 Å². The summed E-state index contributed by atoms with van der Waals surface area (Å²) in [7, 11) is 0. The number of furan rings is 2. The molecule has 0 radical (unpaired) electrons. The average molecular weight is 784 g/mol. The zero-order chi connectivity index (χ0) is 39.3. The van der Waals surface area contributed by atoms with Gasteiger partial charge in [-0.1, -0.05) is 133 Å². The fourth-order valence-electron chi connectivity index (χ4n) is 9.46. The van der Waals surface area contributed by atoms with E-state index in [1.807, 2.05) is 23.5 Å². The topological polar surface area (TPSA) is 29.5 Å². The fraction of sp³-hybridized carbons (Fsp3) is 0. The van der Waals surface area contributed by atoms with E-state index in [9.17, 15) is 0 Å². The molecule has 13 rings (SSSR count). The van der Waals surface area contributed by atoms with E-state index in [1.54, 1.807) is 0 Å². The maximum Gasteiger partial charge on any atom is 0.144 e. The molecule has 0 aliphatic carbocycles. The highest BCUT2D eigenvalue weighted by atomic mass is 32.1. The first-order chi connectivity index (χ1) is 29.7. The van der Waals surface area contributed by atoms with Crippen molar-refractivity contribution in [3.8, 4) is 22.3 Å². The fourth-order valence-corrected chi connectivity index (χ4v) is 10.6. The van der Waals surface area contributed by atoms with Crippen molar-refractivity contribution in [1.29, 1.82) is 0 Å². The lowest BCUT2D eigenvalue weighted by molar-refractivity contribution is 0.669. The summed E-state index contributed by atoms with van der Waals surface area (Å²) in [5.41, 5.74) is 11.2. The van der Waals surface area contributed by atoms with Gasteiger partial charge in [0.2, 0.25) is 0 Å². The number of nitrogens with zero attached hydrogens (tertiary/aromatic N) is 1. The van der Waals surface area contributed by atoms with E-state index in [1.165, 1.54) is 52.8 Å². The summed E-state index contributed by atoms with van der Waals surface area (Å²) in [6.07, 6.45) is 0. The SMILES string of the molecule is c1cc(-c2cccc3c2oc2c3ccc3sc4ccccc4c32)cc(N(c2ccc(-c3ccc4ccc5ccccc5c4c3)cc2)c2cccc3oc4ccccc4c23)c1. The molecule has 10 aromatic carbocycles. The van der Waals surface area contributed by atoms with E-state index < -0.39 is 0 Å². The Bertz CT molecular complexity index is 3850. The zero-order valence-electron chi connectivity index (χ0n) is 32.2. The number of hydrogen-bond donors (Lipinski definition) is 0. The summed E-state index contributed by atoms with van der Waals surface area (Å²) in [6, 6.07) is 72.0. The minimum absolute atomic E-state index is 0.856. The molecule has 0 unspecified atom stereocenters. The third kappa shape index (κ3) is 5.01. The van der Waals surface area contributed by atoms with Crippen LogP contribution in [0.5, 0.6) is 0 Å². The number of hydrogen-bond acceptors (Lipinski definition) is 4. The molecule has 3 aromatic heterocycles. The van der Waals surface area contributed by atoms with Crippen molar-refractivity contribution in [1.82, 2.24) is 0 Å². The molecule has 3 heterocycles. The van der Waals surface area contributed by atoms with Gasteiger partial charge in [0.15, 0.2) is 0 Å². The second-order valence-corrected chi connectivity index (χ2v) is 16.7. The van der Waals surface area contributed by atoms with E-state index in [0.29, 0.717) is 0 Å². The Morgan fingerprint density at radius 2 is 1.05 bits per heavy atom. The highest BCUT2D eigenvalue weighted by molar-refractivity contribution is 7.26. The first-order valence-corrected chi connectivity index (χ1v) is 21.1. The van der Waals surface area contributed by atoms with Crippen molar-refractivity contribution in [3.63, 3.8) is 0 Å². The van der Waals surface area contributed by atoms with E-state index >= 15 is 0 Å². The Balaban J connectivity index is 0.985. The Kier molecular flexibility index (Phi) is 7.18. The number of thiophene rings is 1. The average Bonchev–Trinajstić information content (AvgIpc) is 4.01. The molecule has 3 nitrogen and oxygen atoms in total. The molecule has 0 aliphatic heterocycles. The minimum atomic E-state index is 0.856. The van der Waals surface area contributed by atoms with Crippen LogP contribution in [-0.2, 0) is 0 Å². The number of rotatable bonds is 5. The molecule has 0 saturated carbocycles. The van der Waals surface area contributed by atoms with Gasteiger partial charge in [-0.25, -0.2) is 0 Å². The molecule has 0 fully saturated rings. The van der Waals surface area contributed by atoms with Crippen LogP contribution < -0.4 is 4.90 Å². The number of anilines is 3. The molecular weight excluding hydrogens is 751 g/mol. The maximum absolute atomic E-state index is 6.97. The van der Waals surface area contributed by atoms with Crippen LogP contribution in [0.25, 0.3) is 108 Å². The van der Waals surface area contributed by atoms with Gasteiger partial charge in [0.1, 0.15) is 22.3 Å². The summed E-state index contributed by atoms with van der Waals surface area (Å²) in [5.74, 6) is 0. The van der Waals surface area contributed by atoms with Crippen molar-refractivity contribution < 1.29 is 8.83 Å². The van der Waals surface area contributed by atoms with Gasteiger partial charge >= 0.3 is 0 Å². The molecule has 0 saturated heterocycles. The largest absolute Gasteiger partial charge is 0.456 e. The normalized spacial score (nSPS) is 12.0. The summed E-state index contributed by atoms with van der Waals surface area (Å²) in [6.45, 7) is 0. The van der Waals surface area contributed by atoms with E-state index in [2.05, 4.69) is 193 Å². The third-order valence-electron chi connectivity index (χ3n) is 12.2. The van der Waals surface area contributed by atoms with Crippen LogP contribution in [0.4, 0.5) is 17.1 Å². The second kappa shape index (κ2) is 12.9. The third-order valence-corrected chi connectivity index (χ3v) is 13.4. The number of benzene rings is 10. The van der Waals surface area contributed by atoms with E-state index in [-0.39, 0.29) is 0 Å². The predicted octanol–water partition coefficient (Wildman–Crippen LogP) is 17.0. The molecule has 60 heavy (non-hydrogen) atoms. The van der Waals surface area contributed by atoms with Gasteiger partial charge in [-0.3, -0.25) is 0 Å². The van der Waals surface area contributed by atoms with Gasteiger partial charge in [0.05, 0.1) is 11.1 Å². The summed E-state index contributed by atoms with van der Waals surface area (Å²) < 4.78 is 15.9. The Morgan fingerprint density at radius 3 is 1.97 bits per heavy atom. The van der Waals surface area contributed by atoms with Gasteiger partial charge in [-0.15, -0.1) is 11.3 Å². The van der Waals surface area contributed by atoms with Gasteiger partial charge in [-0.2, -0.15) is 0 Å². The molecule has 280 valence electrons. The zero-order valence-corrected chi connectivity index (χ0v) is 33.0. The van der Waals surface area contributed by atoms with Gasteiger partial charge in [-0.05, 0) is 105 Å². The van der Waals surface area contributed by atoms with Crippen LogP contribution in [0.1, 0.15) is 0 Å². The lowest BCUT2D eigenvalue weighted by Crippen LogP contribution is -2.10. The van der Waals surface area contributed by atoms with Crippen molar-refractivity contribution in [2.24, 2.45) is 0 Å². The van der Waals surface area contributed by atoms with Crippen LogP contribution >= 0.6 is 11.3 Å². The summed E-state index contributed by atoms with van der Waals surface area (Å²) in [5, 5.41) is 11.9. The molecular formula is C56H33NO2S. The van der Waals surface area contributed by atoms with Crippen LogP contribution in [0.3, 0.4) is 0 Å². The highest BCUT2D eigenvalue weighted by Crippen LogP contribution is 2.47. The molecule has 4 heteroatoms. The van der Waals surface area contributed by atoms with Crippen molar-refractivity contribution in [2.45, 2.75) is 0 Å². The van der Waals surface area contributed by atoms with E-state index in [0.717, 1.165) is 72.1 Å². The van der Waals surface area contributed by atoms with Crippen LogP contribution in [-0.4, -0.2) is 0 Å². The number of fused-ring (bicyclic) bond motifs is 13. The second-order valence-electron chi connectivity index (χ2n) is 15.6. The Hall–Kier alpha value is -7.66. The van der Waals surface area contributed by atoms with Crippen molar-refractivity contribution in [3.05, 3.63) is 200 Å². The van der Waals surface area contributed by atoms with Gasteiger partial charge < -0.3 is 13.7 Å². The first kappa shape index (κ1) is 33.3. The Labute approximate surface area is 348 Å². The first-order valence-electron chi connectivity index (χ1n) is 20.3. The summed E-state index contributed by atoms with van der Waals surface area (Å²) >= 11 is 1.82.